The fourth-order valence-corrected chi connectivity index (χ4v) is 1.89. The fraction of sp³-hybridized carbons (Fsp3) is 0.333. The molecule has 7 heteroatoms. The molecule has 0 saturated heterocycles. The summed E-state index contributed by atoms with van der Waals surface area (Å²) in [6, 6.07) is 8.12. The van der Waals surface area contributed by atoms with E-state index >= 15 is 0 Å². The zero-order chi connectivity index (χ0) is 16.3. The van der Waals surface area contributed by atoms with E-state index in [0.717, 1.165) is 5.56 Å². The summed E-state index contributed by atoms with van der Waals surface area (Å²) in [5.41, 5.74) is -0.00676. The number of alkyl halides is 3. The molecule has 2 N–H and O–H groups in total. The maximum Gasteiger partial charge on any atom is 0.433 e. The lowest BCUT2D eigenvalue weighted by Gasteiger charge is -2.10. The lowest BCUT2D eigenvalue weighted by molar-refractivity contribution is -0.141. The molecule has 1 heterocycles. The molecule has 0 aliphatic carbocycles. The monoisotopic (exact) mass is 311 g/mol. The molecule has 0 unspecified atom stereocenters. The highest BCUT2D eigenvalue weighted by Crippen LogP contribution is 2.26. The summed E-state index contributed by atoms with van der Waals surface area (Å²) in [5, 5.41) is 2.70. The van der Waals surface area contributed by atoms with Gasteiger partial charge < -0.3 is 5.32 Å². The first kappa shape index (κ1) is 16.1. The van der Waals surface area contributed by atoms with Crippen LogP contribution in [0.15, 0.2) is 35.1 Å². The third kappa shape index (κ3) is 4.09. The van der Waals surface area contributed by atoms with Crippen LogP contribution in [0, 0.1) is 0 Å². The molecule has 0 bridgehead atoms. The molecular weight excluding hydrogens is 295 g/mol. The Kier molecular flexibility index (Phi) is 4.54. The van der Waals surface area contributed by atoms with Gasteiger partial charge in [-0.15, -0.1) is 0 Å². The van der Waals surface area contributed by atoms with Crippen molar-refractivity contribution in [2.24, 2.45) is 0 Å². The lowest BCUT2D eigenvalue weighted by Crippen LogP contribution is -2.18. The molecular formula is C15H16F3N3O. The van der Waals surface area contributed by atoms with Crippen molar-refractivity contribution in [1.82, 2.24) is 9.97 Å². The molecule has 0 radical (unpaired) electrons. The van der Waals surface area contributed by atoms with Crippen LogP contribution in [0.3, 0.4) is 0 Å². The van der Waals surface area contributed by atoms with Gasteiger partial charge in [0.2, 0.25) is 5.95 Å². The smallest absolute Gasteiger partial charge is 0.352 e. The first-order chi connectivity index (χ1) is 10.3. The van der Waals surface area contributed by atoms with Crippen LogP contribution < -0.4 is 10.9 Å². The maximum absolute atomic E-state index is 12.6. The molecule has 0 aliphatic rings. The van der Waals surface area contributed by atoms with Gasteiger partial charge in [-0.2, -0.15) is 13.2 Å². The van der Waals surface area contributed by atoms with Gasteiger partial charge in [-0.1, -0.05) is 38.1 Å². The minimum absolute atomic E-state index is 0.201. The van der Waals surface area contributed by atoms with E-state index in [0.29, 0.717) is 12.0 Å². The number of hydrogen-bond donors (Lipinski definition) is 2. The van der Waals surface area contributed by atoms with E-state index in [2.05, 4.69) is 29.1 Å². The standard InChI is InChI=1S/C15H16F3N3O/c1-9(2)11-5-3-10(4-6-11)8-19-14-20-12(15(16,17)18)7-13(22)21-14/h3-7,9H,8H2,1-2H3,(H2,19,20,21,22). The quantitative estimate of drug-likeness (QED) is 0.908. The van der Waals surface area contributed by atoms with Crippen molar-refractivity contribution >= 4 is 5.95 Å². The molecule has 0 atom stereocenters. The number of benzene rings is 1. The topological polar surface area (TPSA) is 57.8 Å². The van der Waals surface area contributed by atoms with Crippen molar-refractivity contribution in [3.8, 4) is 0 Å². The average Bonchev–Trinajstić information content (AvgIpc) is 2.44. The molecule has 1 aromatic heterocycles. The van der Waals surface area contributed by atoms with Crippen molar-refractivity contribution in [3.63, 3.8) is 0 Å². The predicted octanol–water partition coefficient (Wildman–Crippen LogP) is 3.52. The Labute approximate surface area is 125 Å². The van der Waals surface area contributed by atoms with Gasteiger partial charge in [0.1, 0.15) is 0 Å². The van der Waals surface area contributed by atoms with Crippen molar-refractivity contribution in [3.05, 3.63) is 57.5 Å². The van der Waals surface area contributed by atoms with E-state index in [-0.39, 0.29) is 12.5 Å². The first-order valence-corrected chi connectivity index (χ1v) is 6.77. The van der Waals surface area contributed by atoms with Crippen LogP contribution in [0.4, 0.5) is 19.1 Å². The van der Waals surface area contributed by atoms with Crippen molar-refractivity contribution in [2.75, 3.05) is 5.32 Å². The predicted molar refractivity (Wildman–Crippen MR) is 77.7 cm³/mol. The summed E-state index contributed by atoms with van der Waals surface area (Å²) in [5.74, 6) is 0.205. The van der Waals surface area contributed by atoms with Crippen LogP contribution in [-0.2, 0) is 12.7 Å². The number of aromatic nitrogens is 2. The second-order valence-electron chi connectivity index (χ2n) is 5.23. The van der Waals surface area contributed by atoms with Crippen molar-refractivity contribution in [1.29, 1.82) is 0 Å². The van der Waals surface area contributed by atoms with Crippen molar-refractivity contribution < 1.29 is 13.2 Å². The van der Waals surface area contributed by atoms with E-state index in [1.165, 1.54) is 5.56 Å². The van der Waals surface area contributed by atoms with Crippen LogP contribution in [0.25, 0.3) is 0 Å². The van der Waals surface area contributed by atoms with Crippen molar-refractivity contribution in [2.45, 2.75) is 32.5 Å². The molecule has 118 valence electrons. The average molecular weight is 311 g/mol. The second kappa shape index (κ2) is 6.21. The van der Waals surface area contributed by atoms with Gasteiger partial charge in [-0.05, 0) is 17.0 Å². The molecule has 4 nitrogen and oxygen atoms in total. The minimum atomic E-state index is -4.65. The number of halogens is 3. The Morgan fingerprint density at radius 2 is 1.86 bits per heavy atom. The number of nitrogens with one attached hydrogen (secondary N) is 2. The molecule has 0 fully saturated rings. The molecule has 0 aliphatic heterocycles. The second-order valence-corrected chi connectivity index (χ2v) is 5.23. The number of rotatable bonds is 4. The highest BCUT2D eigenvalue weighted by Gasteiger charge is 2.33. The summed E-state index contributed by atoms with van der Waals surface area (Å²) in [6.45, 7) is 4.41. The first-order valence-electron chi connectivity index (χ1n) is 6.77. The number of nitrogens with zero attached hydrogens (tertiary/aromatic N) is 1. The van der Waals surface area contributed by atoms with E-state index in [4.69, 9.17) is 0 Å². The summed E-state index contributed by atoms with van der Waals surface area (Å²) in [4.78, 5) is 16.9. The Hall–Kier alpha value is -2.31. The summed E-state index contributed by atoms with van der Waals surface area (Å²) >= 11 is 0. The number of aromatic amines is 1. The van der Waals surface area contributed by atoms with Gasteiger partial charge in [-0.3, -0.25) is 9.78 Å². The molecule has 22 heavy (non-hydrogen) atoms. The molecule has 2 aromatic rings. The number of anilines is 1. The van der Waals surface area contributed by atoms with Gasteiger partial charge in [-0.25, -0.2) is 4.98 Å². The van der Waals surface area contributed by atoms with Gasteiger partial charge in [0.15, 0.2) is 5.69 Å². The van der Waals surface area contributed by atoms with Gasteiger partial charge in [0.05, 0.1) is 0 Å². The third-order valence-corrected chi connectivity index (χ3v) is 3.14. The largest absolute Gasteiger partial charge is 0.433 e. The molecule has 0 saturated carbocycles. The zero-order valence-corrected chi connectivity index (χ0v) is 12.2. The van der Waals surface area contributed by atoms with E-state index < -0.39 is 17.4 Å². The van der Waals surface area contributed by atoms with Crippen LogP contribution in [0.2, 0.25) is 0 Å². The summed E-state index contributed by atoms with van der Waals surface area (Å²) in [6.07, 6.45) is -4.65. The Balaban J connectivity index is 2.11. The number of hydrogen-bond acceptors (Lipinski definition) is 3. The minimum Gasteiger partial charge on any atom is -0.352 e. The van der Waals surface area contributed by atoms with E-state index in [9.17, 15) is 18.0 Å². The molecule has 0 spiro atoms. The Morgan fingerprint density at radius 3 is 2.41 bits per heavy atom. The highest BCUT2D eigenvalue weighted by atomic mass is 19.4. The third-order valence-electron chi connectivity index (χ3n) is 3.14. The van der Waals surface area contributed by atoms with Crippen LogP contribution >= 0.6 is 0 Å². The molecule has 2 rings (SSSR count). The normalized spacial score (nSPS) is 11.7. The van der Waals surface area contributed by atoms with Crippen LogP contribution in [0.1, 0.15) is 36.6 Å². The fourth-order valence-electron chi connectivity index (χ4n) is 1.89. The highest BCUT2D eigenvalue weighted by molar-refractivity contribution is 5.31. The van der Waals surface area contributed by atoms with Gasteiger partial charge in [0.25, 0.3) is 5.56 Å². The zero-order valence-electron chi connectivity index (χ0n) is 12.2. The Morgan fingerprint density at radius 1 is 1.23 bits per heavy atom. The number of H-pyrrole nitrogens is 1. The van der Waals surface area contributed by atoms with Crippen LogP contribution in [0.5, 0.6) is 0 Å². The van der Waals surface area contributed by atoms with E-state index in [1.807, 2.05) is 24.3 Å². The van der Waals surface area contributed by atoms with Gasteiger partial charge >= 0.3 is 6.18 Å². The maximum atomic E-state index is 12.6. The molecule has 1 aromatic carbocycles. The van der Waals surface area contributed by atoms with Crippen LogP contribution in [-0.4, -0.2) is 9.97 Å². The summed E-state index contributed by atoms with van der Waals surface area (Å²) in [7, 11) is 0. The SMILES string of the molecule is CC(C)c1ccc(CNc2nc(C(F)(F)F)cc(=O)[nH]2)cc1. The van der Waals surface area contributed by atoms with Gasteiger partial charge in [0, 0.05) is 12.6 Å². The molecule has 0 amide bonds. The van der Waals surface area contributed by atoms with E-state index in [1.54, 1.807) is 0 Å². The summed E-state index contributed by atoms with van der Waals surface area (Å²) < 4.78 is 37.8. The Bertz CT molecular complexity index is 690. The lowest BCUT2D eigenvalue weighted by atomic mass is 10.0.